The molecule has 0 aromatic carbocycles. The van der Waals surface area contributed by atoms with Crippen molar-refractivity contribution in [2.75, 3.05) is 26.7 Å². The van der Waals surface area contributed by atoms with Gasteiger partial charge in [-0.1, -0.05) is 0 Å². The zero-order valence-electron chi connectivity index (χ0n) is 10.2. The van der Waals surface area contributed by atoms with Gasteiger partial charge < -0.3 is 15.1 Å². The fourth-order valence-corrected chi connectivity index (χ4v) is 1.14. The van der Waals surface area contributed by atoms with E-state index in [1.165, 1.54) is 4.90 Å². The van der Waals surface area contributed by atoms with Crippen molar-refractivity contribution in [1.82, 2.24) is 9.80 Å². The molecule has 0 aliphatic heterocycles. The van der Waals surface area contributed by atoms with Crippen LogP contribution in [-0.2, 0) is 14.4 Å². The monoisotopic (exact) mass is 246 g/mol. The number of carbonyl (C=O) groups excluding carboxylic acids is 1. The van der Waals surface area contributed by atoms with Gasteiger partial charge in [0.25, 0.3) is 0 Å². The summed E-state index contributed by atoms with van der Waals surface area (Å²) in [6.07, 6.45) is 0. The highest BCUT2D eigenvalue weighted by atomic mass is 16.4. The number of likely N-dealkylation sites (N-methyl/N-ethyl adjacent to an activating group) is 1. The molecule has 2 N–H and O–H groups in total. The predicted octanol–water partition coefficient (Wildman–Crippen LogP) is -0.676. The molecule has 0 aromatic rings. The maximum Gasteiger partial charge on any atom is 0.317 e. The summed E-state index contributed by atoms with van der Waals surface area (Å²) >= 11 is 0. The first kappa shape index (κ1) is 15.4. The second-order valence-electron chi connectivity index (χ2n) is 4.03. The van der Waals surface area contributed by atoms with Crippen molar-refractivity contribution in [2.24, 2.45) is 0 Å². The standard InChI is InChI=1S/C10H18N2O5/c1-7(2)11(3)8(13)4-12(5-9(14)15)6-10(16)17/h7H,4-6H2,1-3H3,(H,14,15)(H,16,17). The van der Waals surface area contributed by atoms with E-state index in [1.54, 1.807) is 7.05 Å². The van der Waals surface area contributed by atoms with Crippen LogP contribution in [0, 0.1) is 0 Å². The quantitative estimate of drug-likeness (QED) is 0.618. The van der Waals surface area contributed by atoms with Gasteiger partial charge in [-0.15, -0.1) is 0 Å². The van der Waals surface area contributed by atoms with Gasteiger partial charge in [0.05, 0.1) is 19.6 Å². The molecule has 1 amide bonds. The van der Waals surface area contributed by atoms with E-state index < -0.39 is 25.0 Å². The normalized spacial score (nSPS) is 10.6. The van der Waals surface area contributed by atoms with E-state index in [-0.39, 0.29) is 18.5 Å². The predicted molar refractivity (Wildman–Crippen MR) is 59.6 cm³/mol. The van der Waals surface area contributed by atoms with Crippen molar-refractivity contribution in [3.63, 3.8) is 0 Å². The van der Waals surface area contributed by atoms with E-state index in [0.717, 1.165) is 4.90 Å². The molecule has 17 heavy (non-hydrogen) atoms. The molecule has 0 rings (SSSR count). The van der Waals surface area contributed by atoms with E-state index in [9.17, 15) is 14.4 Å². The van der Waals surface area contributed by atoms with Crippen LogP contribution in [0.2, 0.25) is 0 Å². The third-order valence-corrected chi connectivity index (χ3v) is 2.24. The molecule has 0 aromatic heterocycles. The maximum absolute atomic E-state index is 11.7. The van der Waals surface area contributed by atoms with E-state index in [0.29, 0.717) is 0 Å². The van der Waals surface area contributed by atoms with Crippen molar-refractivity contribution in [2.45, 2.75) is 19.9 Å². The van der Waals surface area contributed by atoms with Crippen LogP contribution in [0.1, 0.15) is 13.8 Å². The highest BCUT2D eigenvalue weighted by molar-refractivity contribution is 5.80. The fraction of sp³-hybridized carbons (Fsp3) is 0.700. The van der Waals surface area contributed by atoms with Gasteiger partial charge in [-0.05, 0) is 13.8 Å². The van der Waals surface area contributed by atoms with Gasteiger partial charge in [-0.2, -0.15) is 0 Å². The Labute approximate surface area is 99.6 Å². The lowest BCUT2D eigenvalue weighted by Gasteiger charge is -2.25. The Kier molecular flexibility index (Phi) is 6.19. The summed E-state index contributed by atoms with van der Waals surface area (Å²) < 4.78 is 0. The molecule has 0 fully saturated rings. The summed E-state index contributed by atoms with van der Waals surface area (Å²) in [6.45, 7) is 2.48. The molecular formula is C10H18N2O5. The van der Waals surface area contributed by atoms with Crippen LogP contribution >= 0.6 is 0 Å². The number of rotatable bonds is 7. The molecule has 7 heteroatoms. The Balaban J connectivity index is 4.46. The van der Waals surface area contributed by atoms with Crippen LogP contribution in [0.4, 0.5) is 0 Å². The van der Waals surface area contributed by atoms with Gasteiger partial charge in [0.2, 0.25) is 5.91 Å². The first-order valence-corrected chi connectivity index (χ1v) is 5.15. The number of nitrogens with zero attached hydrogens (tertiary/aromatic N) is 2. The van der Waals surface area contributed by atoms with Gasteiger partial charge in [0.1, 0.15) is 0 Å². The highest BCUT2D eigenvalue weighted by Crippen LogP contribution is 1.97. The third kappa shape index (κ3) is 6.52. The summed E-state index contributed by atoms with van der Waals surface area (Å²) in [7, 11) is 1.59. The molecular weight excluding hydrogens is 228 g/mol. The number of hydrogen-bond donors (Lipinski definition) is 2. The molecule has 0 radical (unpaired) electrons. The zero-order valence-corrected chi connectivity index (χ0v) is 10.2. The average molecular weight is 246 g/mol. The molecule has 0 saturated carbocycles. The van der Waals surface area contributed by atoms with Crippen LogP contribution in [0.5, 0.6) is 0 Å². The van der Waals surface area contributed by atoms with Crippen LogP contribution in [-0.4, -0.2) is 70.6 Å². The van der Waals surface area contributed by atoms with E-state index in [2.05, 4.69) is 0 Å². The topological polar surface area (TPSA) is 98.2 Å². The number of amides is 1. The van der Waals surface area contributed by atoms with E-state index >= 15 is 0 Å². The largest absolute Gasteiger partial charge is 0.480 e. The van der Waals surface area contributed by atoms with Crippen LogP contribution in [0.15, 0.2) is 0 Å². The Morgan fingerprint density at radius 2 is 1.41 bits per heavy atom. The molecule has 98 valence electrons. The Hall–Kier alpha value is -1.63. The first-order valence-electron chi connectivity index (χ1n) is 5.15. The molecule has 0 unspecified atom stereocenters. The molecule has 0 spiro atoms. The number of carboxylic acids is 2. The molecule has 0 heterocycles. The lowest BCUT2D eigenvalue weighted by molar-refractivity contribution is -0.143. The SMILES string of the molecule is CC(C)N(C)C(=O)CN(CC(=O)O)CC(=O)O. The number of carbonyl (C=O) groups is 3. The van der Waals surface area contributed by atoms with Crippen molar-refractivity contribution in [3.05, 3.63) is 0 Å². The third-order valence-electron chi connectivity index (χ3n) is 2.24. The molecule has 7 nitrogen and oxygen atoms in total. The van der Waals surface area contributed by atoms with Gasteiger partial charge in [-0.3, -0.25) is 19.3 Å². The Morgan fingerprint density at radius 1 is 1.00 bits per heavy atom. The minimum absolute atomic E-state index is 0.0148. The average Bonchev–Trinajstić information content (AvgIpc) is 2.13. The Morgan fingerprint density at radius 3 is 1.71 bits per heavy atom. The van der Waals surface area contributed by atoms with Crippen molar-refractivity contribution < 1.29 is 24.6 Å². The van der Waals surface area contributed by atoms with Crippen molar-refractivity contribution in [3.8, 4) is 0 Å². The van der Waals surface area contributed by atoms with Crippen LogP contribution in [0.25, 0.3) is 0 Å². The zero-order chi connectivity index (χ0) is 13.6. The number of aliphatic carboxylic acids is 2. The minimum Gasteiger partial charge on any atom is -0.480 e. The molecule has 0 bridgehead atoms. The molecule has 0 atom stereocenters. The minimum atomic E-state index is -1.16. The Bertz CT molecular complexity index is 287. The van der Waals surface area contributed by atoms with Gasteiger partial charge in [0, 0.05) is 13.1 Å². The van der Waals surface area contributed by atoms with Crippen LogP contribution in [0.3, 0.4) is 0 Å². The summed E-state index contributed by atoms with van der Waals surface area (Å²) in [5.41, 5.74) is 0. The summed E-state index contributed by atoms with van der Waals surface area (Å²) in [4.78, 5) is 35.2. The van der Waals surface area contributed by atoms with E-state index in [1.807, 2.05) is 13.8 Å². The molecule has 0 aliphatic rings. The van der Waals surface area contributed by atoms with E-state index in [4.69, 9.17) is 10.2 Å². The first-order chi connectivity index (χ1) is 7.73. The summed E-state index contributed by atoms with van der Waals surface area (Å²) in [6, 6.07) is -0.0148. The number of carboxylic acid groups (broad SMARTS) is 2. The second-order valence-corrected chi connectivity index (χ2v) is 4.03. The second kappa shape index (κ2) is 6.85. The van der Waals surface area contributed by atoms with Gasteiger partial charge in [-0.25, -0.2) is 0 Å². The van der Waals surface area contributed by atoms with Gasteiger partial charge in [0.15, 0.2) is 0 Å². The van der Waals surface area contributed by atoms with Crippen molar-refractivity contribution >= 4 is 17.8 Å². The molecule has 0 saturated heterocycles. The van der Waals surface area contributed by atoms with Crippen molar-refractivity contribution in [1.29, 1.82) is 0 Å². The smallest absolute Gasteiger partial charge is 0.317 e. The molecule has 0 aliphatic carbocycles. The van der Waals surface area contributed by atoms with Crippen LogP contribution < -0.4 is 0 Å². The van der Waals surface area contributed by atoms with Gasteiger partial charge >= 0.3 is 11.9 Å². The fourth-order valence-electron chi connectivity index (χ4n) is 1.14. The number of hydrogen-bond acceptors (Lipinski definition) is 4. The summed E-state index contributed by atoms with van der Waals surface area (Å²) in [5, 5.41) is 17.2. The highest BCUT2D eigenvalue weighted by Gasteiger charge is 2.20. The summed E-state index contributed by atoms with van der Waals surface area (Å²) in [5.74, 6) is -2.62. The lowest BCUT2D eigenvalue weighted by atomic mass is 10.3. The maximum atomic E-state index is 11.7. The lowest BCUT2D eigenvalue weighted by Crippen LogP contribution is -2.44.